The highest BCUT2D eigenvalue weighted by Crippen LogP contribution is 2.23. The zero-order chi connectivity index (χ0) is 13.1. The fourth-order valence-corrected chi connectivity index (χ4v) is 3.31. The molecule has 5 heteroatoms. The number of nitrogens with zero attached hydrogens (tertiary/aromatic N) is 2. The number of carbonyl (C=O) groups is 1. The molecule has 2 rings (SSSR count). The van der Waals surface area contributed by atoms with E-state index < -0.39 is 0 Å². The summed E-state index contributed by atoms with van der Waals surface area (Å²) >= 11 is 5.04. The first-order chi connectivity index (χ1) is 8.63. The first kappa shape index (κ1) is 13.7. The molecule has 2 atom stereocenters. The SMILES string of the molecule is CCCC(C(=O)N1CCN2CCCC2C1)C(N)=S. The van der Waals surface area contributed by atoms with Gasteiger partial charge in [-0.05, 0) is 25.8 Å². The molecule has 0 aliphatic carbocycles. The van der Waals surface area contributed by atoms with Crippen LogP contribution in [0.3, 0.4) is 0 Å². The summed E-state index contributed by atoms with van der Waals surface area (Å²) in [6, 6.07) is 0.566. The van der Waals surface area contributed by atoms with E-state index in [4.69, 9.17) is 18.0 Å². The zero-order valence-corrected chi connectivity index (χ0v) is 11.9. The molecule has 2 N–H and O–H groups in total. The van der Waals surface area contributed by atoms with Gasteiger partial charge < -0.3 is 10.6 Å². The van der Waals surface area contributed by atoms with Gasteiger partial charge in [0.2, 0.25) is 5.91 Å². The molecule has 0 aromatic heterocycles. The molecule has 18 heavy (non-hydrogen) atoms. The molecular weight excluding hydrogens is 246 g/mol. The van der Waals surface area contributed by atoms with Crippen LogP contribution in [-0.2, 0) is 4.79 Å². The second-order valence-corrected chi connectivity index (χ2v) is 5.83. The minimum Gasteiger partial charge on any atom is -0.393 e. The lowest BCUT2D eigenvalue weighted by molar-refractivity contribution is -0.136. The molecule has 2 heterocycles. The van der Waals surface area contributed by atoms with E-state index in [1.165, 1.54) is 19.4 Å². The number of piperazine rings is 1. The molecule has 0 spiro atoms. The second-order valence-electron chi connectivity index (χ2n) is 5.36. The van der Waals surface area contributed by atoms with Gasteiger partial charge in [-0.3, -0.25) is 9.69 Å². The predicted molar refractivity (Wildman–Crippen MR) is 76.4 cm³/mol. The molecule has 2 saturated heterocycles. The van der Waals surface area contributed by atoms with Gasteiger partial charge in [0.25, 0.3) is 0 Å². The predicted octanol–water partition coefficient (Wildman–Crippen LogP) is 0.995. The smallest absolute Gasteiger partial charge is 0.232 e. The van der Waals surface area contributed by atoms with Crippen LogP contribution >= 0.6 is 12.2 Å². The quantitative estimate of drug-likeness (QED) is 0.774. The largest absolute Gasteiger partial charge is 0.393 e. The van der Waals surface area contributed by atoms with E-state index in [0.717, 1.165) is 32.5 Å². The van der Waals surface area contributed by atoms with E-state index >= 15 is 0 Å². The Morgan fingerprint density at radius 1 is 1.44 bits per heavy atom. The van der Waals surface area contributed by atoms with Gasteiger partial charge in [-0.1, -0.05) is 25.6 Å². The lowest BCUT2D eigenvalue weighted by Crippen LogP contribution is -2.54. The van der Waals surface area contributed by atoms with Crippen molar-refractivity contribution >= 4 is 23.1 Å². The molecule has 2 aliphatic rings. The Labute approximate surface area is 114 Å². The highest BCUT2D eigenvalue weighted by Gasteiger charge is 2.35. The molecular formula is C13H23N3OS. The number of carbonyl (C=O) groups excluding carboxylic acids is 1. The van der Waals surface area contributed by atoms with Crippen molar-refractivity contribution in [1.29, 1.82) is 0 Å². The Kier molecular flexibility index (Phi) is 4.56. The number of hydrogen-bond acceptors (Lipinski definition) is 3. The lowest BCUT2D eigenvalue weighted by atomic mass is 10.0. The Hall–Kier alpha value is -0.680. The normalized spacial score (nSPS) is 25.8. The number of amides is 1. The van der Waals surface area contributed by atoms with Crippen molar-refractivity contribution in [3.8, 4) is 0 Å². The van der Waals surface area contributed by atoms with Gasteiger partial charge >= 0.3 is 0 Å². The zero-order valence-electron chi connectivity index (χ0n) is 11.1. The third kappa shape index (κ3) is 2.83. The lowest BCUT2D eigenvalue weighted by Gasteiger charge is -2.38. The third-order valence-electron chi connectivity index (χ3n) is 4.12. The molecule has 2 unspecified atom stereocenters. The Morgan fingerprint density at radius 2 is 2.22 bits per heavy atom. The van der Waals surface area contributed by atoms with Crippen LogP contribution in [-0.4, -0.2) is 52.9 Å². The molecule has 0 aromatic rings. The van der Waals surface area contributed by atoms with Crippen LogP contribution in [0.1, 0.15) is 32.6 Å². The Balaban J connectivity index is 1.97. The van der Waals surface area contributed by atoms with Crippen molar-refractivity contribution in [1.82, 2.24) is 9.80 Å². The van der Waals surface area contributed by atoms with Crippen LogP contribution in [0.15, 0.2) is 0 Å². The summed E-state index contributed by atoms with van der Waals surface area (Å²) in [5.41, 5.74) is 5.71. The van der Waals surface area contributed by atoms with E-state index in [-0.39, 0.29) is 11.8 Å². The van der Waals surface area contributed by atoms with Gasteiger partial charge in [0, 0.05) is 25.7 Å². The van der Waals surface area contributed by atoms with Crippen molar-refractivity contribution < 1.29 is 4.79 Å². The summed E-state index contributed by atoms with van der Waals surface area (Å²) in [4.78, 5) is 17.3. The second kappa shape index (κ2) is 5.97. The summed E-state index contributed by atoms with van der Waals surface area (Å²) in [5.74, 6) is -0.103. The standard InChI is InChI=1S/C13H23N3OS/c1-2-4-11(12(14)18)13(17)16-8-7-15-6-3-5-10(15)9-16/h10-11H,2-9H2,1H3,(H2,14,18). The highest BCUT2D eigenvalue weighted by atomic mass is 32.1. The van der Waals surface area contributed by atoms with E-state index in [2.05, 4.69) is 11.8 Å². The summed E-state index contributed by atoms with van der Waals surface area (Å²) in [7, 11) is 0. The fourth-order valence-electron chi connectivity index (χ4n) is 3.09. The van der Waals surface area contributed by atoms with Gasteiger partial charge in [0.05, 0.1) is 10.9 Å². The molecule has 2 aliphatic heterocycles. The molecule has 4 nitrogen and oxygen atoms in total. The number of rotatable bonds is 4. The topological polar surface area (TPSA) is 49.6 Å². The fraction of sp³-hybridized carbons (Fsp3) is 0.846. The Bertz CT molecular complexity index is 334. The van der Waals surface area contributed by atoms with Gasteiger partial charge in [0.1, 0.15) is 0 Å². The first-order valence-electron chi connectivity index (χ1n) is 6.95. The maximum absolute atomic E-state index is 12.5. The third-order valence-corrected chi connectivity index (χ3v) is 4.40. The maximum atomic E-state index is 12.5. The van der Waals surface area contributed by atoms with E-state index in [1.807, 2.05) is 4.90 Å². The monoisotopic (exact) mass is 269 g/mol. The number of fused-ring (bicyclic) bond motifs is 1. The van der Waals surface area contributed by atoms with E-state index in [0.29, 0.717) is 11.0 Å². The molecule has 0 radical (unpaired) electrons. The summed E-state index contributed by atoms with van der Waals surface area (Å²) < 4.78 is 0. The summed E-state index contributed by atoms with van der Waals surface area (Å²) in [6.07, 6.45) is 4.20. The van der Waals surface area contributed by atoms with Crippen LogP contribution in [0.4, 0.5) is 0 Å². The van der Waals surface area contributed by atoms with E-state index in [9.17, 15) is 4.79 Å². The molecule has 0 aromatic carbocycles. The van der Waals surface area contributed by atoms with Crippen LogP contribution < -0.4 is 5.73 Å². The van der Waals surface area contributed by atoms with Crippen molar-refractivity contribution in [2.75, 3.05) is 26.2 Å². The number of hydrogen-bond donors (Lipinski definition) is 1. The van der Waals surface area contributed by atoms with Crippen LogP contribution in [0.5, 0.6) is 0 Å². The van der Waals surface area contributed by atoms with Crippen molar-refractivity contribution in [2.24, 2.45) is 11.7 Å². The number of thiocarbonyl (C=S) groups is 1. The Morgan fingerprint density at radius 3 is 2.89 bits per heavy atom. The van der Waals surface area contributed by atoms with Crippen molar-refractivity contribution in [3.63, 3.8) is 0 Å². The van der Waals surface area contributed by atoms with Gasteiger partial charge in [-0.2, -0.15) is 0 Å². The van der Waals surface area contributed by atoms with Crippen LogP contribution in [0.25, 0.3) is 0 Å². The minimum atomic E-state index is -0.252. The van der Waals surface area contributed by atoms with Crippen molar-refractivity contribution in [2.45, 2.75) is 38.6 Å². The molecule has 1 amide bonds. The van der Waals surface area contributed by atoms with Gasteiger partial charge in [-0.25, -0.2) is 0 Å². The average Bonchev–Trinajstić information content (AvgIpc) is 2.81. The average molecular weight is 269 g/mol. The van der Waals surface area contributed by atoms with Crippen LogP contribution in [0, 0.1) is 5.92 Å². The van der Waals surface area contributed by atoms with E-state index in [1.54, 1.807) is 0 Å². The maximum Gasteiger partial charge on any atom is 0.232 e. The number of nitrogens with two attached hydrogens (primary N) is 1. The minimum absolute atomic E-state index is 0.149. The van der Waals surface area contributed by atoms with Gasteiger partial charge in [-0.15, -0.1) is 0 Å². The first-order valence-corrected chi connectivity index (χ1v) is 7.36. The highest BCUT2D eigenvalue weighted by molar-refractivity contribution is 7.80. The summed E-state index contributed by atoms with van der Waals surface area (Å²) in [6.45, 7) is 5.96. The molecule has 2 fully saturated rings. The van der Waals surface area contributed by atoms with Crippen LogP contribution in [0.2, 0.25) is 0 Å². The van der Waals surface area contributed by atoms with Crippen molar-refractivity contribution in [3.05, 3.63) is 0 Å². The summed E-state index contributed by atoms with van der Waals surface area (Å²) in [5, 5.41) is 0. The van der Waals surface area contributed by atoms with Gasteiger partial charge in [0.15, 0.2) is 0 Å². The molecule has 0 bridgehead atoms. The molecule has 102 valence electrons. The molecule has 0 saturated carbocycles.